The van der Waals surface area contributed by atoms with E-state index in [1.807, 2.05) is 0 Å². The normalized spacial score (nSPS) is 11.0. The van der Waals surface area contributed by atoms with Gasteiger partial charge in [0, 0.05) is 16.9 Å². The Kier molecular flexibility index (Phi) is 10.4. The van der Waals surface area contributed by atoms with E-state index in [0.717, 1.165) is 33.8 Å². The SMILES string of the molecule is c1ccc(-c2cc(-c3ccccc3)cc(N(c3ccc(-c4ccccc4-c4ccccc4)cc3)c3ccccc3-c3ccccc3-c3ccccc3-c3ccccc3)c2)cc1. The number of benzene rings is 10. The highest BCUT2D eigenvalue weighted by Crippen LogP contribution is 2.47. The summed E-state index contributed by atoms with van der Waals surface area (Å²) < 4.78 is 0. The molecule has 0 aliphatic carbocycles. The molecule has 288 valence electrons. The predicted molar refractivity (Wildman–Crippen MR) is 259 cm³/mol. The fraction of sp³-hybridized carbons (Fsp3) is 0. The van der Waals surface area contributed by atoms with Crippen molar-refractivity contribution in [2.75, 3.05) is 4.90 Å². The van der Waals surface area contributed by atoms with E-state index in [1.54, 1.807) is 0 Å². The van der Waals surface area contributed by atoms with Gasteiger partial charge in [-0.1, -0.05) is 224 Å². The molecule has 0 atom stereocenters. The zero-order valence-corrected chi connectivity index (χ0v) is 33.8. The molecule has 0 saturated heterocycles. The summed E-state index contributed by atoms with van der Waals surface area (Å²) in [6, 6.07) is 94.1. The van der Waals surface area contributed by atoms with Gasteiger partial charge in [-0.2, -0.15) is 0 Å². The van der Waals surface area contributed by atoms with Gasteiger partial charge >= 0.3 is 0 Å². The van der Waals surface area contributed by atoms with Crippen LogP contribution in [0.2, 0.25) is 0 Å². The summed E-state index contributed by atoms with van der Waals surface area (Å²) in [5.74, 6) is 0. The molecule has 1 nitrogen and oxygen atoms in total. The van der Waals surface area contributed by atoms with E-state index in [1.165, 1.54) is 61.2 Å². The first-order valence-corrected chi connectivity index (χ1v) is 20.9. The first-order chi connectivity index (χ1) is 30.3. The fourth-order valence-electron chi connectivity index (χ4n) is 8.59. The number of anilines is 3. The molecule has 10 aromatic rings. The first kappa shape index (κ1) is 37.3. The van der Waals surface area contributed by atoms with Crippen LogP contribution in [-0.2, 0) is 0 Å². The van der Waals surface area contributed by atoms with Crippen LogP contribution in [0.25, 0.3) is 77.9 Å². The van der Waals surface area contributed by atoms with E-state index in [0.29, 0.717) is 0 Å². The Bertz CT molecular complexity index is 2990. The monoisotopic (exact) mass is 777 g/mol. The Morgan fingerprint density at radius 3 is 0.951 bits per heavy atom. The summed E-state index contributed by atoms with van der Waals surface area (Å²) in [5.41, 5.74) is 19.8. The van der Waals surface area contributed by atoms with Crippen molar-refractivity contribution < 1.29 is 0 Å². The Hall–Kier alpha value is -8.00. The van der Waals surface area contributed by atoms with Gasteiger partial charge in [-0.15, -0.1) is 0 Å². The van der Waals surface area contributed by atoms with Crippen molar-refractivity contribution >= 4 is 17.1 Å². The molecule has 0 fully saturated rings. The van der Waals surface area contributed by atoms with Gasteiger partial charge in [-0.05, 0) is 109 Å². The predicted octanol–water partition coefficient (Wildman–Crippen LogP) is 16.8. The molecule has 0 bridgehead atoms. The molecule has 0 saturated carbocycles. The summed E-state index contributed by atoms with van der Waals surface area (Å²) in [5, 5.41) is 0. The average molecular weight is 778 g/mol. The van der Waals surface area contributed by atoms with E-state index in [4.69, 9.17) is 0 Å². The van der Waals surface area contributed by atoms with Crippen LogP contribution in [0.3, 0.4) is 0 Å². The molecule has 0 spiro atoms. The van der Waals surface area contributed by atoms with Crippen molar-refractivity contribution in [1.82, 2.24) is 0 Å². The lowest BCUT2D eigenvalue weighted by molar-refractivity contribution is 1.28. The lowest BCUT2D eigenvalue weighted by Gasteiger charge is -2.30. The standard InChI is InChI=1S/C60H43N/c1-5-21-44(22-6-1)49-41-50(45-23-7-2-8-24-45)43-52(42-49)61(51-39-37-48(38-40-51)54-30-14-13-29-53(54)46-25-9-3-10-26-46)60-36-20-19-35-59(60)58-34-18-17-33-57(58)56-32-16-15-31-55(56)47-27-11-4-12-28-47/h1-43H. The van der Waals surface area contributed by atoms with Gasteiger partial charge in [0.1, 0.15) is 0 Å². The van der Waals surface area contributed by atoms with Crippen LogP contribution in [0.4, 0.5) is 17.1 Å². The number of rotatable bonds is 10. The lowest BCUT2D eigenvalue weighted by atomic mass is 9.88. The molecule has 61 heavy (non-hydrogen) atoms. The van der Waals surface area contributed by atoms with Gasteiger partial charge in [0.2, 0.25) is 0 Å². The molecule has 0 heterocycles. The molecule has 10 aromatic carbocycles. The van der Waals surface area contributed by atoms with Gasteiger partial charge in [-0.3, -0.25) is 0 Å². The first-order valence-electron chi connectivity index (χ1n) is 20.9. The highest BCUT2D eigenvalue weighted by atomic mass is 15.1. The number of nitrogens with zero attached hydrogens (tertiary/aromatic N) is 1. The quantitative estimate of drug-likeness (QED) is 0.134. The van der Waals surface area contributed by atoms with E-state index < -0.39 is 0 Å². The molecular formula is C60H43N. The Morgan fingerprint density at radius 2 is 0.492 bits per heavy atom. The summed E-state index contributed by atoms with van der Waals surface area (Å²) in [6.45, 7) is 0. The van der Waals surface area contributed by atoms with E-state index >= 15 is 0 Å². The summed E-state index contributed by atoms with van der Waals surface area (Å²) >= 11 is 0. The maximum absolute atomic E-state index is 2.45. The van der Waals surface area contributed by atoms with Crippen molar-refractivity contribution in [1.29, 1.82) is 0 Å². The number of hydrogen-bond acceptors (Lipinski definition) is 1. The van der Waals surface area contributed by atoms with Crippen LogP contribution in [0, 0.1) is 0 Å². The van der Waals surface area contributed by atoms with Gasteiger partial charge in [0.25, 0.3) is 0 Å². The molecule has 0 aromatic heterocycles. The highest BCUT2D eigenvalue weighted by Gasteiger charge is 2.22. The molecule has 0 aliphatic heterocycles. The van der Waals surface area contributed by atoms with Gasteiger partial charge < -0.3 is 4.90 Å². The third-order valence-corrected chi connectivity index (χ3v) is 11.5. The summed E-state index contributed by atoms with van der Waals surface area (Å²) in [4.78, 5) is 2.45. The zero-order chi connectivity index (χ0) is 40.8. The zero-order valence-electron chi connectivity index (χ0n) is 33.8. The largest absolute Gasteiger partial charge is 0.310 e. The molecule has 1 heteroatoms. The summed E-state index contributed by atoms with van der Waals surface area (Å²) in [6.07, 6.45) is 0. The second-order valence-electron chi connectivity index (χ2n) is 15.3. The minimum absolute atomic E-state index is 1.07. The number of para-hydroxylation sites is 1. The van der Waals surface area contributed by atoms with Gasteiger partial charge in [0.15, 0.2) is 0 Å². The maximum atomic E-state index is 2.45. The topological polar surface area (TPSA) is 3.24 Å². The molecule has 0 N–H and O–H groups in total. The van der Waals surface area contributed by atoms with Crippen LogP contribution >= 0.6 is 0 Å². The van der Waals surface area contributed by atoms with Crippen LogP contribution in [0.15, 0.2) is 261 Å². The minimum Gasteiger partial charge on any atom is -0.310 e. The third kappa shape index (κ3) is 7.69. The summed E-state index contributed by atoms with van der Waals surface area (Å²) in [7, 11) is 0. The second kappa shape index (κ2) is 17.1. The van der Waals surface area contributed by atoms with Gasteiger partial charge in [-0.25, -0.2) is 0 Å². The Balaban J connectivity index is 1.19. The van der Waals surface area contributed by atoms with Crippen molar-refractivity contribution in [3.05, 3.63) is 261 Å². The van der Waals surface area contributed by atoms with Crippen molar-refractivity contribution in [3.8, 4) is 77.9 Å². The van der Waals surface area contributed by atoms with E-state index in [2.05, 4.69) is 266 Å². The number of hydrogen-bond donors (Lipinski definition) is 0. The van der Waals surface area contributed by atoms with Crippen LogP contribution in [0.1, 0.15) is 0 Å². The molecular weight excluding hydrogens is 735 g/mol. The molecule has 0 radical (unpaired) electrons. The van der Waals surface area contributed by atoms with Crippen LogP contribution < -0.4 is 4.90 Å². The Morgan fingerprint density at radius 1 is 0.180 bits per heavy atom. The molecule has 10 rings (SSSR count). The minimum atomic E-state index is 1.07. The van der Waals surface area contributed by atoms with Gasteiger partial charge in [0.05, 0.1) is 5.69 Å². The van der Waals surface area contributed by atoms with Crippen molar-refractivity contribution in [2.45, 2.75) is 0 Å². The molecule has 0 unspecified atom stereocenters. The maximum Gasteiger partial charge on any atom is 0.0540 e. The molecule has 0 amide bonds. The average Bonchev–Trinajstić information content (AvgIpc) is 3.35. The third-order valence-electron chi connectivity index (χ3n) is 11.5. The van der Waals surface area contributed by atoms with Crippen molar-refractivity contribution in [3.63, 3.8) is 0 Å². The van der Waals surface area contributed by atoms with Crippen LogP contribution in [0.5, 0.6) is 0 Å². The van der Waals surface area contributed by atoms with E-state index in [-0.39, 0.29) is 0 Å². The lowest BCUT2D eigenvalue weighted by Crippen LogP contribution is -2.12. The second-order valence-corrected chi connectivity index (χ2v) is 15.3. The smallest absolute Gasteiger partial charge is 0.0540 e. The fourth-order valence-corrected chi connectivity index (χ4v) is 8.59. The highest BCUT2D eigenvalue weighted by molar-refractivity contribution is 5.98. The molecule has 0 aliphatic rings. The Labute approximate surface area is 359 Å². The van der Waals surface area contributed by atoms with Crippen molar-refractivity contribution in [2.24, 2.45) is 0 Å². The van der Waals surface area contributed by atoms with E-state index in [9.17, 15) is 0 Å². The van der Waals surface area contributed by atoms with Crippen LogP contribution in [-0.4, -0.2) is 0 Å².